The maximum atomic E-state index is 13.2. The van der Waals surface area contributed by atoms with E-state index < -0.39 is 52.9 Å². The number of hydrogen-bond donors (Lipinski definition) is 4. The van der Waals surface area contributed by atoms with Crippen molar-refractivity contribution in [3.63, 3.8) is 0 Å². The van der Waals surface area contributed by atoms with E-state index in [0.717, 1.165) is 23.1 Å². The largest absolute Gasteiger partial charge is 0.416 e. The second-order valence-corrected chi connectivity index (χ2v) is 12.6. The summed E-state index contributed by atoms with van der Waals surface area (Å²) in [5.41, 5.74) is -0.456. The van der Waals surface area contributed by atoms with E-state index in [0.29, 0.717) is 24.4 Å². The van der Waals surface area contributed by atoms with Crippen LogP contribution in [-0.4, -0.2) is 64.8 Å². The van der Waals surface area contributed by atoms with Gasteiger partial charge in [-0.2, -0.15) is 13.2 Å². The topological polar surface area (TPSA) is 152 Å². The number of nitrogens with zero attached hydrogens (tertiary/aromatic N) is 2. The minimum absolute atomic E-state index is 0.0210. The molecule has 0 bridgehead atoms. The molecule has 258 valence electrons. The van der Waals surface area contributed by atoms with Gasteiger partial charge in [0.15, 0.2) is 0 Å². The zero-order chi connectivity index (χ0) is 36.5. The fraction of sp³-hybridized carbons (Fsp3) is 0.333. The van der Waals surface area contributed by atoms with Gasteiger partial charge in [-0.05, 0) is 70.5 Å². The van der Waals surface area contributed by atoms with Gasteiger partial charge in [0.2, 0.25) is 17.7 Å². The van der Waals surface area contributed by atoms with Gasteiger partial charge in [-0.3, -0.25) is 34.2 Å². The molecule has 2 fully saturated rings. The summed E-state index contributed by atoms with van der Waals surface area (Å²) in [4.78, 5) is 66.1. The highest BCUT2D eigenvalue weighted by Crippen LogP contribution is 2.34. The lowest BCUT2D eigenvalue weighted by atomic mass is 9.97. The van der Waals surface area contributed by atoms with Crippen LogP contribution in [-0.2, 0) is 20.6 Å². The number of imide groups is 2. The molecular formula is C36H33F3N6O5. The van der Waals surface area contributed by atoms with Gasteiger partial charge < -0.3 is 20.9 Å². The summed E-state index contributed by atoms with van der Waals surface area (Å²) in [6, 6.07) is 6.73. The van der Waals surface area contributed by atoms with Crippen LogP contribution in [0.4, 0.5) is 24.5 Å². The number of hydrogen-bond acceptors (Lipinski definition) is 8. The number of rotatable bonds is 7. The van der Waals surface area contributed by atoms with Crippen molar-refractivity contribution in [2.45, 2.75) is 58.3 Å². The lowest BCUT2D eigenvalue weighted by molar-refractivity contribution is -0.138. The predicted molar refractivity (Wildman–Crippen MR) is 178 cm³/mol. The van der Waals surface area contributed by atoms with E-state index in [-0.39, 0.29) is 46.8 Å². The Hall–Kier alpha value is -5.89. The van der Waals surface area contributed by atoms with E-state index in [9.17, 15) is 37.1 Å². The minimum Gasteiger partial charge on any atom is -0.377 e. The Labute approximate surface area is 286 Å². The van der Waals surface area contributed by atoms with Gasteiger partial charge in [0.25, 0.3) is 11.8 Å². The van der Waals surface area contributed by atoms with Crippen LogP contribution in [0.3, 0.4) is 0 Å². The SMILES string of the molecule is CC#Cc1cc(C(F)(F)F)ccc1NC(=O)C(C)(C)N/C=C(/C#CC1CN(c2ccc3c(c2)C(=O)N(C2CCC(=O)NC2=O)C3=O)C1)C(C)=N. The highest BCUT2D eigenvalue weighted by atomic mass is 19.4. The second-order valence-electron chi connectivity index (χ2n) is 12.6. The zero-order valence-electron chi connectivity index (χ0n) is 27.6. The van der Waals surface area contributed by atoms with Crippen molar-refractivity contribution >= 4 is 46.6 Å². The number of nitrogens with one attached hydrogen (secondary N) is 4. The maximum absolute atomic E-state index is 13.2. The quantitative estimate of drug-likeness (QED) is 0.196. The van der Waals surface area contributed by atoms with Gasteiger partial charge in [0, 0.05) is 42.7 Å². The highest BCUT2D eigenvalue weighted by molar-refractivity contribution is 6.23. The molecule has 0 aromatic heterocycles. The third kappa shape index (κ3) is 7.25. The molecule has 11 nitrogen and oxygen atoms in total. The smallest absolute Gasteiger partial charge is 0.377 e. The number of carbonyl (C=O) groups is 5. The average molecular weight is 687 g/mol. The summed E-state index contributed by atoms with van der Waals surface area (Å²) in [5.74, 6) is 8.32. The second kappa shape index (κ2) is 13.6. The molecule has 1 unspecified atom stereocenters. The van der Waals surface area contributed by atoms with E-state index in [1.165, 1.54) is 13.1 Å². The van der Waals surface area contributed by atoms with Crippen LogP contribution in [0.25, 0.3) is 0 Å². The summed E-state index contributed by atoms with van der Waals surface area (Å²) >= 11 is 0. The predicted octanol–water partition coefficient (Wildman–Crippen LogP) is 3.85. The number of piperidine rings is 1. The summed E-state index contributed by atoms with van der Waals surface area (Å²) in [6.45, 7) is 7.17. The van der Waals surface area contributed by atoms with Crippen molar-refractivity contribution in [1.29, 1.82) is 5.41 Å². The Morgan fingerprint density at radius 2 is 1.74 bits per heavy atom. The zero-order valence-corrected chi connectivity index (χ0v) is 27.6. The fourth-order valence-electron chi connectivity index (χ4n) is 5.52. The first-order valence-corrected chi connectivity index (χ1v) is 15.6. The molecule has 5 amide bonds. The molecule has 3 aliphatic rings. The molecule has 14 heteroatoms. The lowest BCUT2D eigenvalue weighted by Crippen LogP contribution is -2.54. The summed E-state index contributed by atoms with van der Waals surface area (Å²) in [7, 11) is 0. The van der Waals surface area contributed by atoms with E-state index in [1.807, 2.05) is 4.90 Å². The number of amides is 5. The third-order valence-electron chi connectivity index (χ3n) is 8.48. The molecule has 0 spiro atoms. The Morgan fingerprint density at radius 1 is 1.04 bits per heavy atom. The van der Waals surface area contributed by atoms with Crippen LogP contribution in [0.1, 0.15) is 72.4 Å². The number of benzene rings is 2. The van der Waals surface area contributed by atoms with E-state index >= 15 is 0 Å². The molecule has 2 saturated heterocycles. The molecule has 0 aliphatic carbocycles. The molecule has 50 heavy (non-hydrogen) atoms. The average Bonchev–Trinajstić information content (AvgIpc) is 3.26. The van der Waals surface area contributed by atoms with Crippen molar-refractivity contribution in [3.05, 3.63) is 70.4 Å². The van der Waals surface area contributed by atoms with E-state index in [1.54, 1.807) is 39.0 Å². The number of fused-ring (bicyclic) bond motifs is 1. The van der Waals surface area contributed by atoms with Crippen molar-refractivity contribution in [2.24, 2.45) is 5.92 Å². The van der Waals surface area contributed by atoms with Crippen molar-refractivity contribution < 1.29 is 37.1 Å². The first-order chi connectivity index (χ1) is 23.5. The summed E-state index contributed by atoms with van der Waals surface area (Å²) in [5, 5.41) is 15.9. The Kier molecular flexibility index (Phi) is 9.60. The highest BCUT2D eigenvalue weighted by Gasteiger charge is 2.45. The summed E-state index contributed by atoms with van der Waals surface area (Å²) in [6.07, 6.45) is -3.02. The molecular weight excluding hydrogens is 653 g/mol. The number of halogens is 3. The fourth-order valence-corrected chi connectivity index (χ4v) is 5.52. The molecule has 5 rings (SSSR count). The molecule has 2 aromatic rings. The van der Waals surface area contributed by atoms with Crippen LogP contribution >= 0.6 is 0 Å². The molecule has 1 atom stereocenters. The minimum atomic E-state index is -4.56. The van der Waals surface area contributed by atoms with Crippen LogP contribution < -0.4 is 20.9 Å². The van der Waals surface area contributed by atoms with Gasteiger partial charge in [-0.1, -0.05) is 17.8 Å². The molecule has 0 radical (unpaired) electrons. The Balaban J connectivity index is 1.21. The maximum Gasteiger partial charge on any atom is 0.416 e. The van der Waals surface area contributed by atoms with E-state index in [2.05, 4.69) is 39.6 Å². The molecule has 3 heterocycles. The van der Waals surface area contributed by atoms with Crippen LogP contribution in [0.5, 0.6) is 0 Å². The molecule has 2 aromatic carbocycles. The molecule has 0 saturated carbocycles. The monoisotopic (exact) mass is 686 g/mol. The first-order valence-electron chi connectivity index (χ1n) is 15.6. The van der Waals surface area contributed by atoms with Gasteiger partial charge in [-0.15, -0.1) is 5.92 Å². The molecule has 4 N–H and O–H groups in total. The van der Waals surface area contributed by atoms with Gasteiger partial charge in [0.1, 0.15) is 11.6 Å². The van der Waals surface area contributed by atoms with Gasteiger partial charge in [-0.25, -0.2) is 0 Å². The normalized spacial score (nSPS) is 17.9. The third-order valence-corrected chi connectivity index (χ3v) is 8.48. The van der Waals surface area contributed by atoms with Gasteiger partial charge >= 0.3 is 6.18 Å². The van der Waals surface area contributed by atoms with Crippen LogP contribution in [0.15, 0.2) is 48.2 Å². The van der Waals surface area contributed by atoms with Crippen molar-refractivity contribution in [1.82, 2.24) is 15.5 Å². The number of carbonyl (C=O) groups excluding carboxylic acids is 5. The standard InChI is InChI=1S/C36H33F3N6O5/c1-5-6-22-15-24(36(37,38)39)9-12-28(22)42-34(50)35(3,4)41-17-23(20(2)40)8-7-21-18-44(19-21)25-10-11-26-27(16-25)33(49)45(32(26)48)29-13-14-30(46)43-31(29)47/h9-12,15-17,21,29,40-41H,13-14,18-19H2,1-4H3,(H,42,50)(H,43,46,47)/b23-17-,40-20?. The lowest BCUT2D eigenvalue weighted by Gasteiger charge is -2.38. The number of anilines is 2. The Morgan fingerprint density at radius 3 is 2.38 bits per heavy atom. The molecule has 3 aliphatic heterocycles. The van der Waals surface area contributed by atoms with Gasteiger partial charge in [0.05, 0.1) is 33.9 Å². The van der Waals surface area contributed by atoms with Crippen molar-refractivity contribution in [2.75, 3.05) is 23.3 Å². The van der Waals surface area contributed by atoms with Crippen molar-refractivity contribution in [3.8, 4) is 23.7 Å². The first kappa shape index (κ1) is 35.4. The number of alkyl halides is 3. The Bertz CT molecular complexity index is 1990. The number of allylic oxidation sites excluding steroid dienone is 1. The van der Waals surface area contributed by atoms with E-state index in [4.69, 9.17) is 5.41 Å². The van der Waals surface area contributed by atoms with Crippen LogP contribution in [0, 0.1) is 35.0 Å². The van der Waals surface area contributed by atoms with Crippen LogP contribution in [0.2, 0.25) is 0 Å². The summed E-state index contributed by atoms with van der Waals surface area (Å²) < 4.78 is 39.6.